The molecule has 0 unspecified atom stereocenters. The summed E-state index contributed by atoms with van der Waals surface area (Å²) >= 11 is 0. The maximum absolute atomic E-state index is 13.4. The van der Waals surface area contributed by atoms with Gasteiger partial charge < -0.3 is 10.3 Å². The molecule has 0 aliphatic rings. The first kappa shape index (κ1) is 13.7. The molecule has 19 heavy (non-hydrogen) atoms. The van der Waals surface area contributed by atoms with Crippen LogP contribution in [0.25, 0.3) is 11.2 Å². The molecular weight excluding hydrogens is 245 g/mol. The van der Waals surface area contributed by atoms with Crippen molar-refractivity contribution in [3.05, 3.63) is 12.4 Å². The quantitative estimate of drug-likeness (QED) is 0.815. The van der Waals surface area contributed by atoms with Crippen molar-refractivity contribution in [3.8, 4) is 0 Å². The number of aromatic amines is 1. The highest BCUT2D eigenvalue weighted by molar-refractivity contribution is 5.82. The number of rotatable bonds is 5. The van der Waals surface area contributed by atoms with Gasteiger partial charge in [0.15, 0.2) is 11.5 Å². The number of hydrogen-bond acceptors (Lipinski definition) is 4. The first-order chi connectivity index (χ1) is 9.02. The largest absolute Gasteiger partial charge is 0.362 e. The molecule has 0 amide bonds. The topological polar surface area (TPSA) is 66.5 Å². The first-order valence-electron chi connectivity index (χ1n) is 6.67. The second-order valence-electron chi connectivity index (χ2n) is 5.09. The van der Waals surface area contributed by atoms with E-state index in [-0.39, 0.29) is 5.54 Å². The number of hydrogen-bond donors (Lipinski definition) is 2. The van der Waals surface area contributed by atoms with E-state index in [0.29, 0.717) is 22.9 Å². The summed E-state index contributed by atoms with van der Waals surface area (Å²) in [4.78, 5) is 14.5. The van der Waals surface area contributed by atoms with Crippen LogP contribution in [-0.2, 0) is 0 Å². The van der Waals surface area contributed by atoms with Gasteiger partial charge in [-0.05, 0) is 18.8 Å². The second kappa shape index (κ2) is 5.11. The van der Waals surface area contributed by atoms with Crippen molar-refractivity contribution in [1.82, 2.24) is 19.9 Å². The molecule has 0 aliphatic heterocycles. The van der Waals surface area contributed by atoms with Crippen LogP contribution in [0.1, 0.15) is 40.5 Å². The average molecular weight is 265 g/mol. The highest BCUT2D eigenvalue weighted by atomic mass is 19.1. The third-order valence-electron chi connectivity index (χ3n) is 3.99. The summed E-state index contributed by atoms with van der Waals surface area (Å²) in [5.41, 5.74) is 0.881. The summed E-state index contributed by atoms with van der Waals surface area (Å²) in [6, 6.07) is 0. The Bertz CT molecular complexity index is 559. The maximum Gasteiger partial charge on any atom is 0.312 e. The van der Waals surface area contributed by atoms with Gasteiger partial charge in [-0.3, -0.25) is 0 Å². The third-order valence-corrected chi connectivity index (χ3v) is 3.99. The van der Waals surface area contributed by atoms with Crippen LogP contribution in [-0.4, -0.2) is 25.5 Å². The average Bonchev–Trinajstić information content (AvgIpc) is 2.83. The molecule has 0 fully saturated rings. The molecule has 104 valence electrons. The first-order valence-corrected chi connectivity index (χ1v) is 6.67. The van der Waals surface area contributed by atoms with Gasteiger partial charge in [0.05, 0.1) is 6.33 Å². The van der Waals surface area contributed by atoms with Gasteiger partial charge in [-0.1, -0.05) is 27.7 Å². The van der Waals surface area contributed by atoms with Crippen LogP contribution in [0.2, 0.25) is 0 Å². The van der Waals surface area contributed by atoms with Crippen molar-refractivity contribution in [2.45, 2.75) is 46.1 Å². The zero-order valence-electron chi connectivity index (χ0n) is 11.8. The number of nitrogens with zero attached hydrogens (tertiary/aromatic N) is 3. The maximum atomic E-state index is 13.4. The number of anilines is 1. The Balaban J connectivity index is 2.47. The fraction of sp³-hybridized carbons (Fsp3) is 0.615. The van der Waals surface area contributed by atoms with Gasteiger partial charge in [0, 0.05) is 5.54 Å². The molecule has 2 aromatic heterocycles. The molecule has 2 heterocycles. The number of fused-ring (bicyclic) bond motifs is 1. The molecule has 0 saturated carbocycles. The van der Waals surface area contributed by atoms with Crippen molar-refractivity contribution in [2.24, 2.45) is 5.92 Å². The summed E-state index contributed by atoms with van der Waals surface area (Å²) in [6.07, 6.45) is 2.61. The Morgan fingerprint density at radius 2 is 2.00 bits per heavy atom. The van der Waals surface area contributed by atoms with E-state index >= 15 is 0 Å². The fourth-order valence-corrected chi connectivity index (χ4v) is 2.52. The van der Waals surface area contributed by atoms with Gasteiger partial charge in [0.1, 0.15) is 5.52 Å². The monoisotopic (exact) mass is 265 g/mol. The predicted molar refractivity (Wildman–Crippen MR) is 73.4 cm³/mol. The summed E-state index contributed by atoms with van der Waals surface area (Å²) < 4.78 is 13.4. The van der Waals surface area contributed by atoms with Crippen LogP contribution >= 0.6 is 0 Å². The van der Waals surface area contributed by atoms with E-state index in [1.54, 1.807) is 0 Å². The van der Waals surface area contributed by atoms with Gasteiger partial charge in [0.25, 0.3) is 0 Å². The Hall–Kier alpha value is -1.72. The molecule has 2 aromatic rings. The summed E-state index contributed by atoms with van der Waals surface area (Å²) in [6.45, 7) is 8.56. The molecule has 6 heteroatoms. The standard InChI is InChI=1S/C13H20FN5/c1-5-13(6-2,8(3)4)19-11-9-10(16-7-15-9)17-12(14)18-11/h7-8H,5-6H2,1-4H3,(H2,15,16,17,18,19). The van der Waals surface area contributed by atoms with E-state index in [2.05, 4.69) is 52.9 Å². The Morgan fingerprint density at radius 1 is 1.32 bits per heavy atom. The van der Waals surface area contributed by atoms with Crippen LogP contribution in [0, 0.1) is 12.0 Å². The van der Waals surface area contributed by atoms with Crippen molar-refractivity contribution >= 4 is 17.0 Å². The highest BCUT2D eigenvalue weighted by Gasteiger charge is 2.31. The van der Waals surface area contributed by atoms with Gasteiger partial charge in [-0.25, -0.2) is 4.98 Å². The molecule has 0 radical (unpaired) electrons. The Kier molecular flexibility index (Phi) is 3.68. The third kappa shape index (κ3) is 2.39. The lowest BCUT2D eigenvalue weighted by Crippen LogP contribution is -2.42. The van der Waals surface area contributed by atoms with Crippen molar-refractivity contribution in [2.75, 3.05) is 5.32 Å². The van der Waals surface area contributed by atoms with Gasteiger partial charge in [-0.15, -0.1) is 0 Å². The van der Waals surface area contributed by atoms with Crippen LogP contribution in [0.4, 0.5) is 10.2 Å². The summed E-state index contributed by atoms with van der Waals surface area (Å²) in [7, 11) is 0. The number of H-pyrrole nitrogens is 1. The van der Waals surface area contributed by atoms with Crippen molar-refractivity contribution < 1.29 is 4.39 Å². The molecule has 0 aromatic carbocycles. The predicted octanol–water partition coefficient (Wildman–Crippen LogP) is 3.12. The minimum atomic E-state index is -0.757. The van der Waals surface area contributed by atoms with Crippen LogP contribution in [0.5, 0.6) is 0 Å². The summed E-state index contributed by atoms with van der Waals surface area (Å²) in [5, 5.41) is 3.40. The van der Waals surface area contributed by atoms with Gasteiger partial charge in [-0.2, -0.15) is 14.4 Å². The number of halogens is 1. The minimum absolute atomic E-state index is 0.112. The van der Waals surface area contributed by atoms with Crippen LogP contribution in [0.3, 0.4) is 0 Å². The lowest BCUT2D eigenvalue weighted by atomic mass is 9.81. The second-order valence-corrected chi connectivity index (χ2v) is 5.09. The highest BCUT2D eigenvalue weighted by Crippen LogP contribution is 2.31. The van der Waals surface area contributed by atoms with E-state index in [1.165, 1.54) is 6.33 Å². The number of nitrogens with one attached hydrogen (secondary N) is 2. The fourth-order valence-electron chi connectivity index (χ4n) is 2.52. The van der Waals surface area contributed by atoms with Crippen LogP contribution < -0.4 is 5.32 Å². The number of aromatic nitrogens is 4. The summed E-state index contributed by atoms with van der Waals surface area (Å²) in [5.74, 6) is 0.885. The van der Waals surface area contributed by atoms with Gasteiger partial charge in [0.2, 0.25) is 0 Å². The molecule has 2 rings (SSSR count). The molecule has 5 nitrogen and oxygen atoms in total. The van der Waals surface area contributed by atoms with Crippen molar-refractivity contribution in [1.29, 1.82) is 0 Å². The molecule has 0 spiro atoms. The Labute approximate surface area is 112 Å². The normalized spacial score (nSPS) is 12.3. The van der Waals surface area contributed by atoms with Gasteiger partial charge >= 0.3 is 6.08 Å². The lowest BCUT2D eigenvalue weighted by molar-refractivity contribution is 0.318. The zero-order chi connectivity index (χ0) is 14.0. The molecule has 0 aliphatic carbocycles. The Morgan fingerprint density at radius 3 is 2.58 bits per heavy atom. The molecule has 0 atom stereocenters. The SMILES string of the molecule is CCC(CC)(Nc1nc(F)nc2nc[nH]c12)C(C)C. The smallest absolute Gasteiger partial charge is 0.312 e. The number of imidazole rings is 1. The van der Waals surface area contributed by atoms with E-state index in [9.17, 15) is 4.39 Å². The molecule has 0 saturated heterocycles. The van der Waals surface area contributed by atoms with E-state index in [1.807, 2.05) is 0 Å². The minimum Gasteiger partial charge on any atom is -0.362 e. The van der Waals surface area contributed by atoms with E-state index < -0.39 is 6.08 Å². The molecule has 2 N–H and O–H groups in total. The van der Waals surface area contributed by atoms with Crippen molar-refractivity contribution in [3.63, 3.8) is 0 Å². The van der Waals surface area contributed by atoms with Crippen LogP contribution in [0.15, 0.2) is 6.33 Å². The molecular formula is C13H20FN5. The lowest BCUT2D eigenvalue weighted by Gasteiger charge is -2.37. The van der Waals surface area contributed by atoms with E-state index in [0.717, 1.165) is 12.8 Å². The molecule has 0 bridgehead atoms. The zero-order valence-corrected chi connectivity index (χ0v) is 11.8. The van der Waals surface area contributed by atoms with E-state index in [4.69, 9.17) is 0 Å².